The average Bonchev–Trinajstić information content (AvgIpc) is 2.55. The number of hydrogen-bond acceptors (Lipinski definition) is 3. The fourth-order valence-corrected chi connectivity index (χ4v) is 3.30. The zero-order valence-electron chi connectivity index (χ0n) is 14.0. The summed E-state index contributed by atoms with van der Waals surface area (Å²) in [6, 6.07) is 6.43. The van der Waals surface area contributed by atoms with Crippen LogP contribution in [0.25, 0.3) is 0 Å². The molecule has 0 bridgehead atoms. The highest BCUT2D eigenvalue weighted by Gasteiger charge is 2.31. The van der Waals surface area contributed by atoms with E-state index in [9.17, 15) is 0 Å². The number of nitrogens with zero attached hydrogens (tertiary/aromatic N) is 2. The summed E-state index contributed by atoms with van der Waals surface area (Å²) in [4.78, 5) is 7.30. The van der Waals surface area contributed by atoms with Crippen molar-refractivity contribution in [2.45, 2.75) is 59.4 Å². The molecule has 3 nitrogen and oxygen atoms in total. The van der Waals surface area contributed by atoms with E-state index < -0.39 is 0 Å². The van der Waals surface area contributed by atoms with Gasteiger partial charge in [0.1, 0.15) is 5.82 Å². The van der Waals surface area contributed by atoms with Gasteiger partial charge in [0.15, 0.2) is 0 Å². The Morgan fingerprint density at radius 3 is 2.48 bits per heavy atom. The maximum Gasteiger partial charge on any atom is 0.128 e. The van der Waals surface area contributed by atoms with Gasteiger partial charge in [-0.3, -0.25) is 0 Å². The molecule has 1 aromatic rings. The van der Waals surface area contributed by atoms with Crippen molar-refractivity contribution in [2.24, 2.45) is 5.41 Å². The lowest BCUT2D eigenvalue weighted by Crippen LogP contribution is -2.40. The van der Waals surface area contributed by atoms with Crippen LogP contribution in [0.1, 0.15) is 58.6 Å². The largest absolute Gasteiger partial charge is 0.357 e. The fraction of sp³-hybridized carbons (Fsp3) is 0.722. The lowest BCUT2D eigenvalue weighted by Gasteiger charge is -2.41. The number of hydrogen-bond donors (Lipinski definition) is 1. The maximum absolute atomic E-state index is 4.83. The molecule has 0 amide bonds. The van der Waals surface area contributed by atoms with E-state index in [2.05, 4.69) is 49.2 Å². The monoisotopic (exact) mass is 289 g/mol. The van der Waals surface area contributed by atoms with Crippen LogP contribution in [0.4, 0.5) is 5.82 Å². The predicted molar refractivity (Wildman–Crippen MR) is 90.7 cm³/mol. The lowest BCUT2D eigenvalue weighted by molar-refractivity contribution is 0.199. The van der Waals surface area contributed by atoms with E-state index >= 15 is 0 Å². The number of nitrogens with one attached hydrogen (secondary N) is 1. The Labute approximate surface area is 130 Å². The van der Waals surface area contributed by atoms with Crippen LogP contribution in [-0.4, -0.2) is 24.6 Å². The second kappa shape index (κ2) is 7.79. The van der Waals surface area contributed by atoms with Crippen LogP contribution in [0.3, 0.4) is 0 Å². The van der Waals surface area contributed by atoms with Gasteiger partial charge in [-0.1, -0.05) is 39.7 Å². The summed E-state index contributed by atoms with van der Waals surface area (Å²) in [5.41, 5.74) is 1.74. The molecule has 21 heavy (non-hydrogen) atoms. The van der Waals surface area contributed by atoms with Crippen LogP contribution >= 0.6 is 0 Å². The van der Waals surface area contributed by atoms with E-state index in [4.69, 9.17) is 4.98 Å². The minimum atomic E-state index is 0.580. The summed E-state index contributed by atoms with van der Waals surface area (Å²) >= 11 is 0. The van der Waals surface area contributed by atoms with Crippen LogP contribution in [-0.2, 0) is 6.54 Å². The second-order valence-electron chi connectivity index (χ2n) is 6.36. The summed E-state index contributed by atoms with van der Waals surface area (Å²) in [7, 11) is 0. The highest BCUT2D eigenvalue weighted by molar-refractivity contribution is 5.40. The Balaban J connectivity index is 1.95. The third-order valence-corrected chi connectivity index (χ3v) is 5.17. The standard InChI is InChI=1S/C18H31N3/c1-4-12-19-15-16-8-7-9-17(20-16)21-13-10-18(5-2,6-3)11-14-21/h7-9,19H,4-6,10-15H2,1-3H3. The molecule has 2 heterocycles. The highest BCUT2D eigenvalue weighted by Crippen LogP contribution is 2.38. The van der Waals surface area contributed by atoms with Crippen molar-refractivity contribution < 1.29 is 0 Å². The molecule has 0 atom stereocenters. The van der Waals surface area contributed by atoms with Gasteiger partial charge in [-0.2, -0.15) is 0 Å². The second-order valence-corrected chi connectivity index (χ2v) is 6.36. The Hall–Kier alpha value is -1.09. The van der Waals surface area contributed by atoms with Gasteiger partial charge in [0.05, 0.1) is 5.69 Å². The zero-order valence-corrected chi connectivity index (χ0v) is 14.0. The van der Waals surface area contributed by atoms with Crippen LogP contribution in [0.2, 0.25) is 0 Å². The minimum Gasteiger partial charge on any atom is -0.357 e. The minimum absolute atomic E-state index is 0.580. The highest BCUT2D eigenvalue weighted by atomic mass is 15.2. The van der Waals surface area contributed by atoms with Crippen molar-refractivity contribution >= 4 is 5.82 Å². The van der Waals surface area contributed by atoms with Gasteiger partial charge >= 0.3 is 0 Å². The summed E-state index contributed by atoms with van der Waals surface area (Å²) in [5.74, 6) is 1.16. The molecule has 1 N–H and O–H groups in total. The van der Waals surface area contributed by atoms with Gasteiger partial charge in [-0.25, -0.2) is 4.98 Å². The molecule has 0 radical (unpaired) electrons. The number of aromatic nitrogens is 1. The lowest BCUT2D eigenvalue weighted by atomic mass is 9.74. The molecule has 0 aliphatic carbocycles. The van der Waals surface area contributed by atoms with Crippen molar-refractivity contribution in [3.05, 3.63) is 23.9 Å². The Bertz CT molecular complexity index is 416. The summed E-state index contributed by atoms with van der Waals surface area (Å²) in [5, 5.41) is 3.43. The van der Waals surface area contributed by atoms with E-state index in [0.29, 0.717) is 5.41 Å². The van der Waals surface area contributed by atoms with E-state index in [1.165, 1.54) is 32.1 Å². The van der Waals surface area contributed by atoms with E-state index in [1.54, 1.807) is 0 Å². The Kier molecular flexibility index (Phi) is 6.04. The number of rotatable bonds is 7. The smallest absolute Gasteiger partial charge is 0.128 e. The van der Waals surface area contributed by atoms with Crippen LogP contribution in [0, 0.1) is 5.41 Å². The topological polar surface area (TPSA) is 28.2 Å². The molecule has 1 fully saturated rings. The van der Waals surface area contributed by atoms with E-state index in [-0.39, 0.29) is 0 Å². The molecule has 1 aliphatic rings. The Morgan fingerprint density at radius 2 is 1.86 bits per heavy atom. The molecule has 1 aliphatic heterocycles. The Morgan fingerprint density at radius 1 is 1.14 bits per heavy atom. The van der Waals surface area contributed by atoms with E-state index in [1.807, 2.05) is 0 Å². The summed E-state index contributed by atoms with van der Waals surface area (Å²) in [6.07, 6.45) is 6.40. The first-order valence-electron chi connectivity index (χ1n) is 8.64. The first-order valence-corrected chi connectivity index (χ1v) is 8.64. The molecule has 0 saturated carbocycles. The average molecular weight is 289 g/mol. The number of piperidine rings is 1. The third-order valence-electron chi connectivity index (χ3n) is 5.17. The van der Waals surface area contributed by atoms with Crippen LogP contribution in [0.5, 0.6) is 0 Å². The van der Waals surface area contributed by atoms with Crippen molar-refractivity contribution in [1.82, 2.24) is 10.3 Å². The van der Waals surface area contributed by atoms with Gasteiger partial charge in [-0.15, -0.1) is 0 Å². The molecule has 118 valence electrons. The first kappa shape index (κ1) is 16.3. The van der Waals surface area contributed by atoms with Crippen LogP contribution in [0.15, 0.2) is 18.2 Å². The molecular weight excluding hydrogens is 258 g/mol. The predicted octanol–water partition coefficient (Wildman–Crippen LogP) is 3.99. The third kappa shape index (κ3) is 4.19. The quantitative estimate of drug-likeness (QED) is 0.769. The molecule has 0 aromatic carbocycles. The molecule has 1 saturated heterocycles. The SMILES string of the molecule is CCCNCc1cccc(N2CCC(CC)(CC)CC2)n1. The molecule has 1 aromatic heterocycles. The van der Waals surface area contributed by atoms with E-state index in [0.717, 1.165) is 37.7 Å². The fourth-order valence-electron chi connectivity index (χ4n) is 3.30. The zero-order chi connectivity index (χ0) is 15.1. The molecular formula is C18H31N3. The summed E-state index contributed by atoms with van der Waals surface area (Å²) < 4.78 is 0. The molecule has 0 unspecified atom stereocenters. The van der Waals surface area contributed by atoms with Gasteiger partial charge in [-0.05, 0) is 43.4 Å². The van der Waals surface area contributed by atoms with Gasteiger partial charge in [0, 0.05) is 19.6 Å². The van der Waals surface area contributed by atoms with Crippen molar-refractivity contribution in [2.75, 3.05) is 24.5 Å². The molecule has 3 heteroatoms. The van der Waals surface area contributed by atoms with Gasteiger partial charge in [0.25, 0.3) is 0 Å². The van der Waals surface area contributed by atoms with Crippen LogP contribution < -0.4 is 10.2 Å². The van der Waals surface area contributed by atoms with Crippen molar-refractivity contribution in [3.63, 3.8) is 0 Å². The first-order chi connectivity index (χ1) is 10.2. The van der Waals surface area contributed by atoms with Crippen molar-refractivity contribution in [3.8, 4) is 0 Å². The van der Waals surface area contributed by atoms with Crippen molar-refractivity contribution in [1.29, 1.82) is 0 Å². The number of anilines is 1. The maximum atomic E-state index is 4.83. The number of pyridine rings is 1. The van der Waals surface area contributed by atoms with Gasteiger partial charge in [0.2, 0.25) is 0 Å². The van der Waals surface area contributed by atoms with Gasteiger partial charge < -0.3 is 10.2 Å². The summed E-state index contributed by atoms with van der Waals surface area (Å²) in [6.45, 7) is 11.1. The molecule has 2 rings (SSSR count). The molecule has 0 spiro atoms. The normalized spacial score (nSPS) is 18.0.